The molecule has 98 valence electrons. The molecule has 2 heteroatoms. The second-order valence-corrected chi connectivity index (χ2v) is 4.20. The molecule has 0 heterocycles. The average Bonchev–Trinajstić information content (AvgIpc) is 2.33. The van der Waals surface area contributed by atoms with Crippen molar-refractivity contribution in [3.8, 4) is 0 Å². The van der Waals surface area contributed by atoms with Gasteiger partial charge in [-0.05, 0) is 43.4 Å². The van der Waals surface area contributed by atoms with Gasteiger partial charge in [0.1, 0.15) is 5.82 Å². The molecule has 2 N–H and O–H groups in total. The van der Waals surface area contributed by atoms with E-state index < -0.39 is 0 Å². The second kappa shape index (κ2) is 10.3. The number of hydrogen-bond acceptors (Lipinski definition) is 1. The Morgan fingerprint density at radius 3 is 2.18 bits per heavy atom. The molecule has 1 aromatic rings. The first kappa shape index (κ1) is 16.1. The lowest BCUT2D eigenvalue weighted by atomic mass is 10.0. The van der Waals surface area contributed by atoms with Crippen molar-refractivity contribution in [1.82, 2.24) is 0 Å². The normalized spacial score (nSPS) is 9.71. The molecule has 0 fully saturated rings. The predicted molar refractivity (Wildman–Crippen MR) is 73.7 cm³/mol. The van der Waals surface area contributed by atoms with Crippen molar-refractivity contribution in [2.75, 3.05) is 6.54 Å². The summed E-state index contributed by atoms with van der Waals surface area (Å²) in [7, 11) is 0. The fraction of sp³-hybridized carbons (Fsp3) is 0.600. The Labute approximate surface area is 105 Å². The molecule has 0 bridgehead atoms. The number of halogens is 1. The molecule has 1 rings (SSSR count). The smallest absolute Gasteiger partial charge is 0.129 e. The van der Waals surface area contributed by atoms with Gasteiger partial charge in [-0.15, -0.1) is 0 Å². The minimum absolute atomic E-state index is 0.0213. The van der Waals surface area contributed by atoms with Crippen LogP contribution in [0, 0.1) is 5.82 Å². The van der Waals surface area contributed by atoms with Crippen LogP contribution in [0.3, 0.4) is 0 Å². The third-order valence-electron chi connectivity index (χ3n) is 2.44. The van der Waals surface area contributed by atoms with Crippen LogP contribution in [0.4, 0.5) is 4.39 Å². The summed E-state index contributed by atoms with van der Waals surface area (Å²) in [5, 5.41) is 0. The van der Waals surface area contributed by atoms with E-state index in [2.05, 4.69) is 13.8 Å². The number of aryl methyl sites for hydroxylation is 2. The highest BCUT2D eigenvalue weighted by atomic mass is 19.1. The van der Waals surface area contributed by atoms with Crippen molar-refractivity contribution in [3.63, 3.8) is 0 Å². The summed E-state index contributed by atoms with van der Waals surface area (Å²) in [4.78, 5) is 0. The fourth-order valence-corrected chi connectivity index (χ4v) is 1.56. The van der Waals surface area contributed by atoms with E-state index in [1.165, 1.54) is 6.42 Å². The molecule has 0 saturated heterocycles. The molecule has 0 saturated carbocycles. The van der Waals surface area contributed by atoms with Crippen LogP contribution in [0.2, 0.25) is 0 Å². The zero-order valence-corrected chi connectivity index (χ0v) is 11.4. The van der Waals surface area contributed by atoms with Gasteiger partial charge in [-0.2, -0.15) is 0 Å². The zero-order valence-electron chi connectivity index (χ0n) is 11.4. The molecule has 0 amide bonds. The molecular formula is C15H26FN. The first-order valence-electron chi connectivity index (χ1n) is 6.67. The summed E-state index contributed by atoms with van der Waals surface area (Å²) in [6, 6.07) is 5.65. The summed E-state index contributed by atoms with van der Waals surface area (Å²) >= 11 is 0. The van der Waals surface area contributed by atoms with Crippen molar-refractivity contribution in [2.24, 2.45) is 5.73 Å². The Hall–Kier alpha value is -0.890. The van der Waals surface area contributed by atoms with Gasteiger partial charge in [0.05, 0.1) is 0 Å². The van der Waals surface area contributed by atoms with Crippen molar-refractivity contribution >= 4 is 0 Å². The van der Waals surface area contributed by atoms with Crippen molar-refractivity contribution in [2.45, 2.75) is 52.9 Å². The van der Waals surface area contributed by atoms with Gasteiger partial charge in [-0.25, -0.2) is 4.39 Å². The SMILES string of the molecule is CCC.CCc1cccc(CCCCN)c1F. The maximum atomic E-state index is 13.7. The Morgan fingerprint density at radius 2 is 1.65 bits per heavy atom. The van der Waals surface area contributed by atoms with Crippen molar-refractivity contribution in [1.29, 1.82) is 0 Å². The summed E-state index contributed by atoms with van der Waals surface area (Å²) in [6.07, 6.45) is 4.75. The highest BCUT2D eigenvalue weighted by molar-refractivity contribution is 5.26. The molecule has 0 spiro atoms. The average molecular weight is 239 g/mol. The van der Waals surface area contributed by atoms with E-state index >= 15 is 0 Å². The van der Waals surface area contributed by atoms with E-state index in [9.17, 15) is 4.39 Å². The van der Waals surface area contributed by atoms with Crippen LogP contribution in [-0.4, -0.2) is 6.54 Å². The van der Waals surface area contributed by atoms with Gasteiger partial charge in [-0.3, -0.25) is 0 Å². The van der Waals surface area contributed by atoms with Crippen LogP contribution < -0.4 is 5.73 Å². The number of nitrogens with two attached hydrogens (primary N) is 1. The lowest BCUT2D eigenvalue weighted by Gasteiger charge is -2.06. The molecule has 0 radical (unpaired) electrons. The van der Waals surface area contributed by atoms with Crippen LogP contribution >= 0.6 is 0 Å². The zero-order chi connectivity index (χ0) is 13.1. The molecular weight excluding hydrogens is 213 g/mol. The second-order valence-electron chi connectivity index (χ2n) is 4.20. The monoisotopic (exact) mass is 239 g/mol. The fourth-order valence-electron chi connectivity index (χ4n) is 1.56. The van der Waals surface area contributed by atoms with Gasteiger partial charge in [-0.1, -0.05) is 45.4 Å². The summed E-state index contributed by atoms with van der Waals surface area (Å²) in [6.45, 7) is 6.91. The quantitative estimate of drug-likeness (QED) is 0.770. The molecule has 0 atom stereocenters. The van der Waals surface area contributed by atoms with E-state index in [1.54, 1.807) is 0 Å². The molecule has 0 aromatic heterocycles. The van der Waals surface area contributed by atoms with Gasteiger partial charge in [0.2, 0.25) is 0 Å². The van der Waals surface area contributed by atoms with Crippen molar-refractivity contribution in [3.05, 3.63) is 35.1 Å². The summed E-state index contributed by atoms with van der Waals surface area (Å²) < 4.78 is 13.7. The van der Waals surface area contributed by atoms with E-state index in [-0.39, 0.29) is 5.82 Å². The summed E-state index contributed by atoms with van der Waals surface area (Å²) in [5.74, 6) is -0.0213. The van der Waals surface area contributed by atoms with Crippen LogP contribution in [-0.2, 0) is 12.8 Å². The Bertz CT molecular complexity index is 297. The molecule has 0 unspecified atom stereocenters. The van der Waals surface area contributed by atoms with Crippen LogP contribution in [0.25, 0.3) is 0 Å². The third kappa shape index (κ3) is 6.42. The van der Waals surface area contributed by atoms with E-state index in [4.69, 9.17) is 5.73 Å². The molecule has 1 aromatic carbocycles. The topological polar surface area (TPSA) is 26.0 Å². The lowest BCUT2D eigenvalue weighted by Crippen LogP contribution is -2.01. The molecule has 17 heavy (non-hydrogen) atoms. The lowest BCUT2D eigenvalue weighted by molar-refractivity contribution is 0.587. The van der Waals surface area contributed by atoms with Gasteiger partial charge >= 0.3 is 0 Å². The van der Waals surface area contributed by atoms with Gasteiger partial charge in [0.25, 0.3) is 0 Å². The minimum atomic E-state index is -0.0213. The van der Waals surface area contributed by atoms with Crippen LogP contribution in [0.5, 0.6) is 0 Å². The third-order valence-corrected chi connectivity index (χ3v) is 2.44. The Kier molecular flexibility index (Phi) is 9.74. The Morgan fingerprint density at radius 1 is 1.06 bits per heavy atom. The predicted octanol–water partition coefficient (Wildman–Crippen LogP) is 4.09. The highest BCUT2D eigenvalue weighted by Crippen LogP contribution is 2.15. The molecule has 0 aliphatic heterocycles. The van der Waals surface area contributed by atoms with Gasteiger partial charge < -0.3 is 5.73 Å². The molecule has 0 aliphatic carbocycles. The molecule has 1 nitrogen and oxygen atoms in total. The van der Waals surface area contributed by atoms with E-state index in [0.717, 1.165) is 36.8 Å². The Balaban J connectivity index is 0.000000770. The maximum absolute atomic E-state index is 13.7. The molecule has 0 aliphatic rings. The van der Waals surface area contributed by atoms with Gasteiger partial charge in [0.15, 0.2) is 0 Å². The number of rotatable bonds is 5. The number of unbranched alkanes of at least 4 members (excludes halogenated alkanes) is 1. The first-order chi connectivity index (χ1) is 8.21. The maximum Gasteiger partial charge on any atom is 0.129 e. The van der Waals surface area contributed by atoms with Crippen LogP contribution in [0.15, 0.2) is 18.2 Å². The summed E-state index contributed by atoms with van der Waals surface area (Å²) in [5.41, 5.74) is 7.04. The number of hydrogen-bond donors (Lipinski definition) is 1. The van der Waals surface area contributed by atoms with Crippen LogP contribution in [0.1, 0.15) is 51.2 Å². The minimum Gasteiger partial charge on any atom is -0.330 e. The highest BCUT2D eigenvalue weighted by Gasteiger charge is 2.05. The van der Waals surface area contributed by atoms with E-state index in [1.807, 2.05) is 25.1 Å². The first-order valence-corrected chi connectivity index (χ1v) is 6.67. The number of benzene rings is 1. The van der Waals surface area contributed by atoms with Crippen molar-refractivity contribution < 1.29 is 4.39 Å². The van der Waals surface area contributed by atoms with E-state index in [0.29, 0.717) is 6.54 Å². The largest absolute Gasteiger partial charge is 0.330 e. The standard InChI is InChI=1S/C12H18FN.C3H8/c1-2-10-7-5-8-11(12(10)13)6-3-4-9-14;1-3-2/h5,7-8H,2-4,6,9,14H2,1H3;3H2,1-2H3. The van der Waals surface area contributed by atoms with Gasteiger partial charge in [0, 0.05) is 0 Å².